The number of rotatable bonds is 1. The number of halogens is 4. The minimum absolute atomic E-state index is 0.304. The molecule has 0 aromatic heterocycles. The van der Waals surface area contributed by atoms with Crippen LogP contribution in [0.5, 0.6) is 0 Å². The van der Waals surface area contributed by atoms with E-state index in [0.29, 0.717) is 13.6 Å². The lowest BCUT2D eigenvalue weighted by atomic mass is 10.2. The van der Waals surface area contributed by atoms with Crippen LogP contribution in [0.3, 0.4) is 0 Å². The van der Waals surface area contributed by atoms with Gasteiger partial charge in [0.15, 0.2) is 0 Å². The zero-order chi connectivity index (χ0) is 9.30. The van der Waals surface area contributed by atoms with Gasteiger partial charge >= 0.3 is 0 Å². The standard InChI is InChI=1S/C7H2BrClFIO/c8-4-1-3(10)2-5(11)6(4)7(9)12/h1-2H. The highest BCUT2D eigenvalue weighted by molar-refractivity contribution is 14.1. The van der Waals surface area contributed by atoms with Gasteiger partial charge in [0.25, 0.3) is 5.24 Å². The minimum Gasteiger partial charge on any atom is -0.276 e. The molecule has 12 heavy (non-hydrogen) atoms. The van der Waals surface area contributed by atoms with Crippen LogP contribution >= 0.6 is 50.1 Å². The lowest BCUT2D eigenvalue weighted by Crippen LogP contribution is -1.96. The molecule has 1 nitrogen and oxygen atoms in total. The van der Waals surface area contributed by atoms with E-state index in [1.54, 1.807) is 0 Å². The van der Waals surface area contributed by atoms with Gasteiger partial charge in [0.1, 0.15) is 5.82 Å². The van der Waals surface area contributed by atoms with Crippen LogP contribution in [0.25, 0.3) is 0 Å². The maximum atomic E-state index is 12.7. The molecule has 0 bridgehead atoms. The fourth-order valence-electron chi connectivity index (χ4n) is 0.730. The van der Waals surface area contributed by atoms with Crippen LogP contribution in [0.1, 0.15) is 10.4 Å². The first-order chi connectivity index (χ1) is 5.52. The SMILES string of the molecule is O=C(Cl)c1c(Br)cc(F)cc1I. The molecule has 0 N–H and O–H groups in total. The van der Waals surface area contributed by atoms with Crippen molar-refractivity contribution in [2.75, 3.05) is 0 Å². The fourth-order valence-corrected chi connectivity index (χ4v) is 3.02. The van der Waals surface area contributed by atoms with Crippen molar-refractivity contribution in [2.45, 2.75) is 0 Å². The van der Waals surface area contributed by atoms with E-state index >= 15 is 0 Å². The summed E-state index contributed by atoms with van der Waals surface area (Å²) in [4.78, 5) is 10.8. The van der Waals surface area contributed by atoms with Crippen molar-refractivity contribution in [1.29, 1.82) is 0 Å². The third-order valence-corrected chi connectivity index (χ3v) is 2.87. The summed E-state index contributed by atoms with van der Waals surface area (Å²) in [6.07, 6.45) is 0. The van der Waals surface area contributed by atoms with Gasteiger partial charge in [-0.1, -0.05) is 0 Å². The number of benzene rings is 1. The summed E-state index contributed by atoms with van der Waals surface area (Å²) in [5.74, 6) is -0.395. The zero-order valence-corrected chi connectivity index (χ0v) is 10.1. The summed E-state index contributed by atoms with van der Waals surface area (Å²) in [6, 6.07) is 2.46. The molecule has 0 radical (unpaired) electrons. The van der Waals surface area contributed by atoms with Crippen LogP contribution in [0.2, 0.25) is 0 Å². The maximum Gasteiger partial charge on any atom is 0.254 e. The molecule has 1 aromatic carbocycles. The van der Waals surface area contributed by atoms with Gasteiger partial charge in [0, 0.05) is 8.04 Å². The predicted octanol–water partition coefficient (Wildman–Crippen LogP) is 3.57. The lowest BCUT2D eigenvalue weighted by molar-refractivity contribution is 0.108. The summed E-state index contributed by atoms with van der Waals surface area (Å²) < 4.78 is 13.6. The third-order valence-electron chi connectivity index (χ3n) is 1.20. The highest BCUT2D eigenvalue weighted by atomic mass is 127. The Kier molecular flexibility index (Phi) is 3.48. The quantitative estimate of drug-likeness (QED) is 0.551. The third kappa shape index (κ3) is 2.17. The molecule has 0 saturated heterocycles. The molecule has 0 spiro atoms. The summed E-state index contributed by atoms with van der Waals surface area (Å²) >= 11 is 10.2. The minimum atomic E-state index is -0.591. The van der Waals surface area contributed by atoms with Gasteiger partial charge in [-0.15, -0.1) is 0 Å². The molecule has 0 amide bonds. The van der Waals surface area contributed by atoms with E-state index in [0.717, 1.165) is 0 Å². The molecule has 0 aliphatic heterocycles. The van der Waals surface area contributed by atoms with E-state index in [2.05, 4.69) is 15.9 Å². The van der Waals surface area contributed by atoms with Gasteiger partial charge in [-0.05, 0) is 62.3 Å². The first-order valence-corrected chi connectivity index (χ1v) is 5.11. The Morgan fingerprint density at radius 2 is 2.17 bits per heavy atom. The van der Waals surface area contributed by atoms with E-state index in [1.165, 1.54) is 12.1 Å². The first-order valence-electron chi connectivity index (χ1n) is 2.86. The molecule has 0 unspecified atom stereocenters. The van der Waals surface area contributed by atoms with Crippen molar-refractivity contribution in [3.05, 3.63) is 31.6 Å². The van der Waals surface area contributed by atoms with Crippen LogP contribution in [0.15, 0.2) is 16.6 Å². The van der Waals surface area contributed by atoms with E-state index in [1.807, 2.05) is 22.6 Å². The predicted molar refractivity (Wildman–Crippen MR) is 57.0 cm³/mol. The number of hydrogen-bond acceptors (Lipinski definition) is 1. The summed E-state index contributed by atoms with van der Waals surface area (Å²) in [6.45, 7) is 0. The maximum absolute atomic E-state index is 12.7. The highest BCUT2D eigenvalue weighted by Gasteiger charge is 2.12. The van der Waals surface area contributed by atoms with E-state index in [4.69, 9.17) is 11.6 Å². The Morgan fingerprint density at radius 3 is 2.58 bits per heavy atom. The van der Waals surface area contributed by atoms with Crippen molar-refractivity contribution in [3.63, 3.8) is 0 Å². The molecule has 0 fully saturated rings. The van der Waals surface area contributed by atoms with Crippen molar-refractivity contribution in [3.8, 4) is 0 Å². The van der Waals surface area contributed by atoms with Crippen molar-refractivity contribution in [1.82, 2.24) is 0 Å². The molecule has 5 heteroatoms. The Bertz CT molecular complexity index is 319. The number of carbonyl (C=O) groups is 1. The van der Waals surface area contributed by atoms with Gasteiger partial charge in [0.2, 0.25) is 0 Å². The largest absolute Gasteiger partial charge is 0.276 e. The second-order valence-electron chi connectivity index (χ2n) is 2.02. The lowest BCUT2D eigenvalue weighted by Gasteiger charge is -2.01. The van der Waals surface area contributed by atoms with Gasteiger partial charge in [-0.3, -0.25) is 4.79 Å². The molecule has 1 rings (SSSR count). The van der Waals surface area contributed by atoms with E-state index in [9.17, 15) is 9.18 Å². The molecule has 0 aliphatic rings. The smallest absolute Gasteiger partial charge is 0.254 e. The van der Waals surface area contributed by atoms with Gasteiger partial charge in [-0.2, -0.15) is 0 Å². The van der Waals surface area contributed by atoms with Gasteiger partial charge in [0.05, 0.1) is 5.56 Å². The average molecular weight is 363 g/mol. The van der Waals surface area contributed by atoms with E-state index in [-0.39, 0.29) is 0 Å². The zero-order valence-electron chi connectivity index (χ0n) is 5.57. The first kappa shape index (κ1) is 10.4. The van der Waals surface area contributed by atoms with Crippen LogP contribution < -0.4 is 0 Å². The van der Waals surface area contributed by atoms with Crippen LogP contribution in [0.4, 0.5) is 4.39 Å². The normalized spacial score (nSPS) is 10.0. The summed E-state index contributed by atoms with van der Waals surface area (Å²) in [5, 5.41) is -0.591. The average Bonchev–Trinajstić information content (AvgIpc) is 1.82. The summed E-state index contributed by atoms with van der Waals surface area (Å²) in [5.41, 5.74) is 0.304. The highest BCUT2D eigenvalue weighted by Crippen LogP contribution is 2.25. The van der Waals surface area contributed by atoms with Gasteiger partial charge < -0.3 is 0 Å². The molecule has 64 valence electrons. The number of hydrogen-bond donors (Lipinski definition) is 0. The second kappa shape index (κ2) is 4.02. The molecule has 0 atom stereocenters. The molecular weight excluding hydrogens is 361 g/mol. The Morgan fingerprint density at radius 1 is 1.58 bits per heavy atom. The van der Waals surface area contributed by atoms with Crippen LogP contribution in [-0.2, 0) is 0 Å². The second-order valence-corrected chi connectivity index (χ2v) is 4.38. The van der Waals surface area contributed by atoms with Gasteiger partial charge in [-0.25, -0.2) is 4.39 Å². The van der Waals surface area contributed by atoms with Crippen LogP contribution in [-0.4, -0.2) is 5.24 Å². The van der Waals surface area contributed by atoms with Crippen molar-refractivity contribution in [2.24, 2.45) is 0 Å². The fraction of sp³-hybridized carbons (Fsp3) is 0. The molecule has 0 saturated carbocycles. The van der Waals surface area contributed by atoms with Crippen LogP contribution in [0, 0.1) is 9.39 Å². The monoisotopic (exact) mass is 362 g/mol. The Labute approximate surface area is 95.6 Å². The molecule has 0 heterocycles. The summed E-state index contributed by atoms with van der Waals surface area (Å²) in [7, 11) is 0. The van der Waals surface area contributed by atoms with Crippen molar-refractivity contribution < 1.29 is 9.18 Å². The Balaban J connectivity index is 3.38. The molecule has 1 aromatic rings. The van der Waals surface area contributed by atoms with E-state index < -0.39 is 11.1 Å². The topological polar surface area (TPSA) is 17.1 Å². The Hall–Kier alpha value is 0.320. The number of carbonyl (C=O) groups excluding carboxylic acids is 1. The molecular formula is C7H2BrClFIO. The van der Waals surface area contributed by atoms with Crippen molar-refractivity contribution >= 4 is 55.4 Å². The molecule has 0 aliphatic carbocycles.